The number of ether oxygens (including phenoxy) is 1. The van der Waals surface area contributed by atoms with Crippen LogP contribution in [0.2, 0.25) is 0 Å². The number of fused-ring (bicyclic) bond motifs is 1. The fourth-order valence-corrected chi connectivity index (χ4v) is 4.37. The third-order valence-electron chi connectivity index (χ3n) is 6.18. The molecule has 1 aliphatic heterocycles. The smallest absolute Gasteiger partial charge is 0.408 e. The van der Waals surface area contributed by atoms with Gasteiger partial charge in [-0.3, -0.25) is 24.1 Å². The lowest BCUT2D eigenvalue weighted by atomic mass is 10.0. The lowest BCUT2D eigenvalue weighted by Crippen LogP contribution is -2.50. The maximum atomic E-state index is 13.5. The quantitative estimate of drug-likeness (QED) is 0.345. The fraction of sp³-hybridized carbons (Fsp3) is 0.258. The molecule has 5 amide bonds. The highest BCUT2D eigenvalue weighted by Crippen LogP contribution is 2.26. The van der Waals surface area contributed by atoms with Gasteiger partial charge in [-0.1, -0.05) is 54.6 Å². The normalized spacial score (nSPS) is 13.3. The molecule has 0 fully saturated rings. The maximum absolute atomic E-state index is 13.5. The van der Waals surface area contributed by atoms with Crippen molar-refractivity contribution in [1.29, 1.82) is 0 Å². The van der Waals surface area contributed by atoms with Crippen molar-refractivity contribution < 1.29 is 28.7 Å². The number of nitrogens with one attached hydrogen (secondary N) is 3. The molecular weight excluding hydrogens is 524 g/mol. The molecule has 212 valence electrons. The molecule has 0 saturated heterocycles. The van der Waals surface area contributed by atoms with Gasteiger partial charge in [-0.05, 0) is 56.2 Å². The molecule has 0 spiro atoms. The third-order valence-corrected chi connectivity index (χ3v) is 6.18. The molecule has 4 rings (SSSR count). The van der Waals surface area contributed by atoms with Crippen LogP contribution in [0, 0.1) is 0 Å². The lowest BCUT2D eigenvalue weighted by Gasteiger charge is -2.25. The van der Waals surface area contributed by atoms with Gasteiger partial charge in [0.1, 0.15) is 18.2 Å². The molecule has 3 N–H and O–H groups in total. The molecule has 0 radical (unpaired) electrons. The van der Waals surface area contributed by atoms with E-state index in [0.29, 0.717) is 11.3 Å². The lowest BCUT2D eigenvalue weighted by molar-refractivity contribution is -0.125. The summed E-state index contributed by atoms with van der Waals surface area (Å²) in [5.74, 6) is -1.96. The van der Waals surface area contributed by atoms with E-state index in [9.17, 15) is 24.0 Å². The average Bonchev–Trinajstić information content (AvgIpc) is 3.18. The molecule has 10 heteroatoms. The molecule has 1 atom stereocenters. The number of hydrogen-bond acceptors (Lipinski definition) is 6. The van der Waals surface area contributed by atoms with E-state index in [1.165, 1.54) is 0 Å². The van der Waals surface area contributed by atoms with E-state index in [0.717, 1.165) is 10.5 Å². The molecule has 3 aromatic carbocycles. The number of rotatable bonds is 9. The minimum Gasteiger partial charge on any atom is -0.444 e. The van der Waals surface area contributed by atoms with Crippen LogP contribution < -0.4 is 16.0 Å². The van der Waals surface area contributed by atoms with Crippen molar-refractivity contribution in [3.05, 3.63) is 101 Å². The number of hydrogen-bond donors (Lipinski definition) is 3. The third kappa shape index (κ3) is 7.57. The van der Waals surface area contributed by atoms with Gasteiger partial charge in [-0.25, -0.2) is 4.79 Å². The zero-order valence-electron chi connectivity index (χ0n) is 23.1. The molecule has 41 heavy (non-hydrogen) atoms. The molecule has 3 aromatic rings. The first-order chi connectivity index (χ1) is 19.5. The van der Waals surface area contributed by atoms with Crippen LogP contribution in [0.25, 0.3) is 0 Å². The molecule has 10 nitrogen and oxygen atoms in total. The summed E-state index contributed by atoms with van der Waals surface area (Å²) >= 11 is 0. The Bertz CT molecular complexity index is 1430. The molecular formula is C31H32N4O6. The zero-order chi connectivity index (χ0) is 29.6. The predicted octanol–water partition coefficient (Wildman–Crippen LogP) is 3.67. The molecule has 1 unspecified atom stereocenters. The number of carbonyl (C=O) groups is 5. The van der Waals surface area contributed by atoms with E-state index in [4.69, 9.17) is 4.74 Å². The van der Waals surface area contributed by atoms with E-state index in [2.05, 4.69) is 16.0 Å². The van der Waals surface area contributed by atoms with Crippen LogP contribution in [-0.4, -0.2) is 52.8 Å². The van der Waals surface area contributed by atoms with Crippen LogP contribution in [-0.2, 0) is 27.3 Å². The molecule has 0 aliphatic carbocycles. The highest BCUT2D eigenvalue weighted by Gasteiger charge is 2.42. The van der Waals surface area contributed by atoms with E-state index in [-0.39, 0.29) is 30.6 Å². The van der Waals surface area contributed by atoms with Crippen molar-refractivity contribution in [3.63, 3.8) is 0 Å². The van der Waals surface area contributed by atoms with Gasteiger partial charge in [-0.2, -0.15) is 0 Å². The summed E-state index contributed by atoms with van der Waals surface area (Å²) in [4.78, 5) is 65.0. The fourth-order valence-electron chi connectivity index (χ4n) is 4.37. The van der Waals surface area contributed by atoms with Crippen molar-refractivity contribution >= 4 is 35.4 Å². The first-order valence-electron chi connectivity index (χ1n) is 13.2. The number of nitrogens with zero attached hydrogens (tertiary/aromatic N) is 1. The number of benzene rings is 3. The molecule has 1 aliphatic rings. The number of imide groups is 1. The second kappa shape index (κ2) is 12.5. The Morgan fingerprint density at radius 1 is 0.805 bits per heavy atom. The van der Waals surface area contributed by atoms with Crippen molar-refractivity contribution in [1.82, 2.24) is 15.5 Å². The van der Waals surface area contributed by atoms with E-state index < -0.39 is 41.4 Å². The number of alkyl carbamates (subject to hydrolysis) is 1. The van der Waals surface area contributed by atoms with Crippen molar-refractivity contribution in [2.24, 2.45) is 0 Å². The summed E-state index contributed by atoms with van der Waals surface area (Å²) < 4.78 is 5.12. The summed E-state index contributed by atoms with van der Waals surface area (Å²) in [6.45, 7) is 4.98. The highest BCUT2D eigenvalue weighted by atomic mass is 16.6. The SMILES string of the molecule is CC(C)(C)OC(=O)NCC(=O)Nc1cccc(CNC(=O)C(Cc2ccccc2)N2C(=O)c3ccccc3C2=O)c1. The Kier molecular flexibility index (Phi) is 8.81. The van der Waals surface area contributed by atoms with Gasteiger partial charge < -0.3 is 20.7 Å². The van der Waals surface area contributed by atoms with Crippen LogP contribution in [0.15, 0.2) is 78.9 Å². The number of anilines is 1. The summed E-state index contributed by atoms with van der Waals surface area (Å²) in [6.07, 6.45) is -0.550. The first kappa shape index (κ1) is 29.0. The summed E-state index contributed by atoms with van der Waals surface area (Å²) in [5, 5.41) is 7.92. The predicted molar refractivity (Wildman–Crippen MR) is 152 cm³/mol. The van der Waals surface area contributed by atoms with Gasteiger partial charge in [-0.15, -0.1) is 0 Å². The maximum Gasteiger partial charge on any atom is 0.408 e. The standard InChI is InChI=1S/C31H32N4O6/c1-31(2,3)41-30(40)33-19-26(36)34-22-13-9-12-21(16-22)18-32-27(37)25(17-20-10-5-4-6-11-20)35-28(38)23-14-7-8-15-24(23)29(35)39/h4-16,25H,17-19H2,1-3H3,(H,32,37)(H,33,40)(H,34,36). The van der Waals surface area contributed by atoms with Crippen LogP contribution in [0.1, 0.15) is 52.6 Å². The van der Waals surface area contributed by atoms with Gasteiger partial charge in [0.15, 0.2) is 0 Å². The van der Waals surface area contributed by atoms with Crippen molar-refractivity contribution in [3.8, 4) is 0 Å². The van der Waals surface area contributed by atoms with Crippen molar-refractivity contribution in [2.45, 2.75) is 45.4 Å². The minimum atomic E-state index is -1.06. The zero-order valence-corrected chi connectivity index (χ0v) is 23.1. The summed E-state index contributed by atoms with van der Waals surface area (Å²) in [5.41, 5.74) is 1.81. The second-order valence-corrected chi connectivity index (χ2v) is 10.6. The minimum absolute atomic E-state index is 0.0904. The van der Waals surface area contributed by atoms with E-state index in [1.807, 2.05) is 30.3 Å². The van der Waals surface area contributed by atoms with Crippen molar-refractivity contribution in [2.75, 3.05) is 11.9 Å². The van der Waals surface area contributed by atoms with Gasteiger partial charge >= 0.3 is 6.09 Å². The largest absolute Gasteiger partial charge is 0.444 e. The first-order valence-corrected chi connectivity index (χ1v) is 13.2. The van der Waals surface area contributed by atoms with Gasteiger partial charge in [0, 0.05) is 18.7 Å². The topological polar surface area (TPSA) is 134 Å². The highest BCUT2D eigenvalue weighted by molar-refractivity contribution is 6.22. The van der Waals surface area contributed by atoms with Gasteiger partial charge in [0.2, 0.25) is 11.8 Å². The van der Waals surface area contributed by atoms with E-state index >= 15 is 0 Å². The van der Waals surface area contributed by atoms with Crippen LogP contribution >= 0.6 is 0 Å². The monoisotopic (exact) mass is 556 g/mol. The van der Waals surface area contributed by atoms with Crippen LogP contribution in [0.5, 0.6) is 0 Å². The van der Waals surface area contributed by atoms with E-state index in [1.54, 1.807) is 69.3 Å². The van der Waals surface area contributed by atoms with Gasteiger partial charge in [0.25, 0.3) is 11.8 Å². The summed E-state index contributed by atoms with van der Waals surface area (Å²) in [6, 6.07) is 21.5. The van der Waals surface area contributed by atoms with Crippen LogP contribution in [0.4, 0.5) is 10.5 Å². The Balaban J connectivity index is 1.41. The Labute approximate surface area is 238 Å². The van der Waals surface area contributed by atoms with Crippen LogP contribution in [0.3, 0.4) is 0 Å². The Morgan fingerprint density at radius 3 is 2.05 bits per heavy atom. The second-order valence-electron chi connectivity index (χ2n) is 10.6. The average molecular weight is 557 g/mol. The number of amides is 5. The van der Waals surface area contributed by atoms with Gasteiger partial charge in [0.05, 0.1) is 11.1 Å². The number of carbonyl (C=O) groups excluding carboxylic acids is 5. The molecule has 1 heterocycles. The summed E-state index contributed by atoms with van der Waals surface area (Å²) in [7, 11) is 0. The molecule has 0 bridgehead atoms. The molecule has 0 aromatic heterocycles. The Morgan fingerprint density at radius 2 is 1.41 bits per heavy atom. The molecule has 0 saturated carbocycles. The Hall–Kier alpha value is -4.99.